The topological polar surface area (TPSA) is 43.9 Å². The number of oxazole rings is 1. The quantitative estimate of drug-likeness (QED) is 0.731. The van der Waals surface area contributed by atoms with Crippen molar-refractivity contribution in [3.63, 3.8) is 0 Å². The van der Waals surface area contributed by atoms with Crippen LogP contribution < -0.4 is 0 Å². The summed E-state index contributed by atoms with van der Waals surface area (Å²) in [6.07, 6.45) is 6.19. The summed E-state index contributed by atoms with van der Waals surface area (Å²) in [5.74, 6) is 1.24. The summed E-state index contributed by atoms with van der Waals surface area (Å²) in [5.41, 5.74) is 1.58. The maximum atomic E-state index is 12.9. The Morgan fingerprint density at radius 1 is 1.25 bits per heavy atom. The molecule has 4 nitrogen and oxygen atoms in total. The van der Waals surface area contributed by atoms with Crippen LogP contribution >= 0.6 is 0 Å². The van der Waals surface area contributed by atoms with E-state index in [0.717, 1.165) is 23.5 Å². The number of aryl methyl sites for hydroxylation is 1. The third-order valence-electron chi connectivity index (χ3n) is 3.09. The summed E-state index contributed by atoms with van der Waals surface area (Å²) in [6, 6.07) is 6.09. The molecule has 0 aliphatic carbocycles. The van der Waals surface area contributed by atoms with Crippen LogP contribution in [0.2, 0.25) is 0 Å². The molecule has 1 aromatic carbocycles. The Balaban J connectivity index is 1.82. The highest BCUT2D eigenvalue weighted by Crippen LogP contribution is 2.19. The van der Waals surface area contributed by atoms with Crippen molar-refractivity contribution in [3.05, 3.63) is 60.3 Å². The van der Waals surface area contributed by atoms with Gasteiger partial charge in [0.2, 0.25) is 5.89 Å². The number of hydrogen-bond acceptors (Lipinski definition) is 3. The molecule has 0 bridgehead atoms. The van der Waals surface area contributed by atoms with Crippen LogP contribution in [0, 0.1) is 5.82 Å². The molecule has 2 heterocycles. The predicted octanol–water partition coefficient (Wildman–Crippen LogP) is 3.29. The molecule has 0 amide bonds. The van der Waals surface area contributed by atoms with E-state index in [1.54, 1.807) is 24.6 Å². The fourth-order valence-corrected chi connectivity index (χ4v) is 2.08. The first-order valence-electron chi connectivity index (χ1n) is 6.46. The van der Waals surface area contributed by atoms with Crippen molar-refractivity contribution in [3.8, 4) is 11.5 Å². The molecule has 5 heteroatoms. The molecule has 0 unspecified atom stereocenters. The molecule has 0 aliphatic heterocycles. The second-order valence-electron chi connectivity index (χ2n) is 4.48. The van der Waals surface area contributed by atoms with E-state index in [-0.39, 0.29) is 5.82 Å². The van der Waals surface area contributed by atoms with Crippen molar-refractivity contribution in [1.82, 2.24) is 14.5 Å². The smallest absolute Gasteiger partial charge is 0.226 e. The summed E-state index contributed by atoms with van der Waals surface area (Å²) in [5, 5.41) is 0. The minimum atomic E-state index is -0.272. The second-order valence-corrected chi connectivity index (χ2v) is 4.48. The lowest BCUT2D eigenvalue weighted by Gasteiger charge is -2.02. The molecule has 0 aliphatic rings. The van der Waals surface area contributed by atoms with Gasteiger partial charge >= 0.3 is 0 Å². The van der Waals surface area contributed by atoms with Gasteiger partial charge in [0.25, 0.3) is 0 Å². The van der Waals surface area contributed by atoms with Crippen molar-refractivity contribution in [1.29, 1.82) is 0 Å². The van der Waals surface area contributed by atoms with E-state index in [1.807, 2.05) is 10.8 Å². The molecule has 3 rings (SSSR count). The van der Waals surface area contributed by atoms with Gasteiger partial charge in [-0.3, -0.25) is 0 Å². The molecule has 2 aromatic heterocycles. The van der Waals surface area contributed by atoms with Crippen molar-refractivity contribution in [2.45, 2.75) is 19.9 Å². The summed E-state index contributed by atoms with van der Waals surface area (Å²) in [7, 11) is 0. The van der Waals surface area contributed by atoms with Gasteiger partial charge < -0.3 is 8.98 Å². The van der Waals surface area contributed by atoms with E-state index in [9.17, 15) is 4.39 Å². The van der Waals surface area contributed by atoms with Gasteiger partial charge in [0, 0.05) is 24.4 Å². The lowest BCUT2D eigenvalue weighted by atomic mass is 10.2. The highest BCUT2D eigenvalue weighted by atomic mass is 19.1. The van der Waals surface area contributed by atoms with Gasteiger partial charge in [0.15, 0.2) is 0 Å². The van der Waals surface area contributed by atoms with Crippen molar-refractivity contribution >= 4 is 0 Å². The number of imidazole rings is 1. The van der Waals surface area contributed by atoms with E-state index in [2.05, 4.69) is 16.9 Å². The standard InChI is InChI=1S/C15H14FN3O/c1-2-14-17-7-8-19(14)9-13-10-20-15(18-13)11-3-5-12(16)6-4-11/h3-8,10H,2,9H2,1H3. The van der Waals surface area contributed by atoms with Gasteiger partial charge in [-0.05, 0) is 24.3 Å². The Kier molecular flexibility index (Phi) is 3.33. The number of aromatic nitrogens is 3. The van der Waals surface area contributed by atoms with Gasteiger partial charge in [-0.25, -0.2) is 14.4 Å². The summed E-state index contributed by atoms with van der Waals surface area (Å²) in [4.78, 5) is 8.69. The number of rotatable bonds is 4. The first kappa shape index (κ1) is 12.6. The highest BCUT2D eigenvalue weighted by molar-refractivity contribution is 5.52. The molecule has 0 saturated carbocycles. The average molecular weight is 271 g/mol. The average Bonchev–Trinajstić information content (AvgIpc) is 3.09. The molecule has 0 N–H and O–H groups in total. The fourth-order valence-electron chi connectivity index (χ4n) is 2.08. The largest absolute Gasteiger partial charge is 0.444 e. The molecule has 0 atom stereocenters. The minimum absolute atomic E-state index is 0.272. The van der Waals surface area contributed by atoms with Crippen molar-refractivity contribution in [2.24, 2.45) is 0 Å². The van der Waals surface area contributed by atoms with Gasteiger partial charge in [-0.1, -0.05) is 6.92 Å². The third-order valence-corrected chi connectivity index (χ3v) is 3.09. The van der Waals surface area contributed by atoms with Crippen LogP contribution in [0.15, 0.2) is 47.3 Å². The van der Waals surface area contributed by atoms with Crippen LogP contribution in [0.1, 0.15) is 18.4 Å². The summed E-state index contributed by atoms with van der Waals surface area (Å²) < 4.78 is 20.4. The number of nitrogens with zero attached hydrogens (tertiary/aromatic N) is 3. The molecular weight excluding hydrogens is 257 g/mol. The predicted molar refractivity (Wildman–Crippen MR) is 72.6 cm³/mol. The fraction of sp³-hybridized carbons (Fsp3) is 0.200. The Labute approximate surface area is 115 Å². The maximum absolute atomic E-state index is 12.9. The molecule has 3 aromatic rings. The molecule has 0 saturated heterocycles. The zero-order valence-corrected chi connectivity index (χ0v) is 11.1. The van der Waals surface area contributed by atoms with Crippen molar-refractivity contribution in [2.75, 3.05) is 0 Å². The SMILES string of the molecule is CCc1nccn1Cc1coc(-c2ccc(F)cc2)n1. The number of hydrogen-bond donors (Lipinski definition) is 0. The zero-order chi connectivity index (χ0) is 13.9. The molecule has 0 radical (unpaired) electrons. The molecule has 102 valence electrons. The Bertz CT molecular complexity index is 700. The maximum Gasteiger partial charge on any atom is 0.226 e. The van der Waals surface area contributed by atoms with Crippen LogP contribution in [0.3, 0.4) is 0 Å². The monoisotopic (exact) mass is 271 g/mol. The van der Waals surface area contributed by atoms with E-state index in [0.29, 0.717) is 12.4 Å². The van der Waals surface area contributed by atoms with Gasteiger partial charge in [0.05, 0.1) is 12.2 Å². The van der Waals surface area contributed by atoms with Crippen LogP contribution in [0.25, 0.3) is 11.5 Å². The lowest BCUT2D eigenvalue weighted by molar-refractivity contribution is 0.570. The second kappa shape index (κ2) is 5.28. The molecule has 0 spiro atoms. The van der Waals surface area contributed by atoms with Crippen molar-refractivity contribution < 1.29 is 8.81 Å². The van der Waals surface area contributed by atoms with E-state index < -0.39 is 0 Å². The van der Waals surface area contributed by atoms with E-state index in [1.165, 1.54) is 12.1 Å². The zero-order valence-electron chi connectivity index (χ0n) is 11.1. The van der Waals surface area contributed by atoms with Crippen LogP contribution in [-0.4, -0.2) is 14.5 Å². The highest BCUT2D eigenvalue weighted by Gasteiger charge is 2.08. The summed E-state index contributed by atoms with van der Waals surface area (Å²) >= 11 is 0. The van der Waals surface area contributed by atoms with Gasteiger partial charge in [-0.15, -0.1) is 0 Å². The van der Waals surface area contributed by atoms with E-state index >= 15 is 0 Å². The van der Waals surface area contributed by atoms with Crippen LogP contribution in [-0.2, 0) is 13.0 Å². The van der Waals surface area contributed by atoms with Crippen LogP contribution in [0.4, 0.5) is 4.39 Å². The number of halogens is 1. The number of benzene rings is 1. The normalized spacial score (nSPS) is 10.9. The van der Waals surface area contributed by atoms with Crippen LogP contribution in [0.5, 0.6) is 0 Å². The van der Waals surface area contributed by atoms with Gasteiger partial charge in [0.1, 0.15) is 17.9 Å². The van der Waals surface area contributed by atoms with Gasteiger partial charge in [-0.2, -0.15) is 0 Å². The molecule has 0 fully saturated rings. The molecular formula is C15H14FN3O. The molecule has 20 heavy (non-hydrogen) atoms. The minimum Gasteiger partial charge on any atom is -0.444 e. The first-order valence-corrected chi connectivity index (χ1v) is 6.46. The lowest BCUT2D eigenvalue weighted by Crippen LogP contribution is -2.03. The van der Waals surface area contributed by atoms with E-state index in [4.69, 9.17) is 4.42 Å². The third kappa shape index (κ3) is 2.47. The Hall–Kier alpha value is -2.43. The summed E-state index contributed by atoms with van der Waals surface area (Å²) in [6.45, 7) is 2.68. The Morgan fingerprint density at radius 3 is 2.80 bits per heavy atom. The first-order chi connectivity index (χ1) is 9.76. The Morgan fingerprint density at radius 2 is 2.05 bits per heavy atom.